The van der Waals surface area contributed by atoms with Crippen LogP contribution in [-0.4, -0.2) is 23.6 Å². The van der Waals surface area contributed by atoms with Crippen LogP contribution in [0, 0.1) is 10.8 Å². The highest BCUT2D eigenvalue weighted by atomic mass is 35.5. The monoisotopic (exact) mass is 609 g/mol. The van der Waals surface area contributed by atoms with E-state index in [0.29, 0.717) is 42.5 Å². The third-order valence-corrected chi connectivity index (χ3v) is 9.29. The van der Waals surface area contributed by atoms with E-state index in [2.05, 4.69) is 44.7 Å². The molecule has 0 amide bonds. The molecule has 3 aromatic carbocycles. The minimum atomic E-state index is -0.446. The van der Waals surface area contributed by atoms with Crippen molar-refractivity contribution in [1.29, 1.82) is 0 Å². The molecule has 0 atom stereocenters. The number of rotatable bonds is 7. The van der Waals surface area contributed by atoms with Crippen molar-refractivity contribution >= 4 is 23.2 Å². The van der Waals surface area contributed by atoms with Gasteiger partial charge in [-0.25, -0.2) is 0 Å². The van der Waals surface area contributed by atoms with Gasteiger partial charge in [0.05, 0.1) is 7.11 Å². The quantitative estimate of drug-likeness (QED) is 0.268. The molecule has 1 heterocycles. The average Bonchev–Trinajstić information content (AvgIpc) is 2.97. The van der Waals surface area contributed by atoms with Crippen LogP contribution in [0.25, 0.3) is 0 Å². The number of halogens is 1. The summed E-state index contributed by atoms with van der Waals surface area (Å²) in [6.45, 7) is 9.65. The van der Waals surface area contributed by atoms with Gasteiger partial charge in [-0.2, -0.15) is 0 Å². The lowest BCUT2D eigenvalue weighted by atomic mass is 9.63. The summed E-state index contributed by atoms with van der Waals surface area (Å²) in [6.07, 6.45) is 2.43. The van der Waals surface area contributed by atoms with E-state index in [0.717, 1.165) is 52.1 Å². The van der Waals surface area contributed by atoms with Crippen LogP contribution in [0.2, 0.25) is 5.02 Å². The lowest BCUT2D eigenvalue weighted by molar-refractivity contribution is -0.119. The Kier molecular flexibility index (Phi) is 7.96. The molecule has 0 saturated carbocycles. The van der Waals surface area contributed by atoms with Crippen molar-refractivity contribution in [3.8, 4) is 11.5 Å². The minimum absolute atomic E-state index is 0.116. The van der Waals surface area contributed by atoms with Gasteiger partial charge in [-0.05, 0) is 64.6 Å². The first kappa shape index (κ1) is 30.2. The second-order valence-corrected chi connectivity index (χ2v) is 14.4. The average molecular weight is 610 g/mol. The van der Waals surface area contributed by atoms with Crippen molar-refractivity contribution in [3.05, 3.63) is 117 Å². The number of benzene rings is 3. The first-order valence-electron chi connectivity index (χ1n) is 15.3. The van der Waals surface area contributed by atoms with Crippen LogP contribution in [0.5, 0.6) is 11.5 Å². The van der Waals surface area contributed by atoms with Crippen molar-refractivity contribution in [3.63, 3.8) is 0 Å². The molecule has 6 rings (SSSR count). The summed E-state index contributed by atoms with van der Waals surface area (Å²) in [7, 11) is 1.62. The second-order valence-electron chi connectivity index (χ2n) is 13.9. The molecule has 0 aromatic heterocycles. The van der Waals surface area contributed by atoms with Gasteiger partial charge >= 0.3 is 0 Å². The number of allylic oxidation sites excluding steroid dienone is 4. The summed E-state index contributed by atoms with van der Waals surface area (Å²) in [5, 5.41) is 0.675. The van der Waals surface area contributed by atoms with E-state index in [1.807, 2.05) is 60.7 Å². The number of Topliss-reactive ketones (excluding diaryl/α,β-unsaturated/α-hetero) is 2. The van der Waals surface area contributed by atoms with Gasteiger partial charge in [-0.3, -0.25) is 9.59 Å². The van der Waals surface area contributed by atoms with Crippen molar-refractivity contribution in [2.45, 2.75) is 72.4 Å². The molecule has 0 spiro atoms. The standard InChI is InChI=1S/C38H40ClNO4/c1-37(2)18-28-35(30(41)20-37)34(26-13-16-32(33(17-26)43-5)44-23-25-11-14-27(39)15-12-25)36-29(19-38(3,4)21-31(36)42)40(28)22-24-9-7-6-8-10-24/h6-17,34H,18-23H2,1-5H3. The van der Waals surface area contributed by atoms with Gasteiger partial charge in [0.25, 0.3) is 0 Å². The van der Waals surface area contributed by atoms with Gasteiger partial charge in [0, 0.05) is 52.9 Å². The molecule has 228 valence electrons. The lowest BCUT2D eigenvalue weighted by Gasteiger charge is -2.49. The molecule has 2 aliphatic carbocycles. The Morgan fingerprint density at radius 3 is 1.91 bits per heavy atom. The fraction of sp³-hybridized carbons (Fsp3) is 0.368. The molecule has 3 aliphatic rings. The molecule has 5 nitrogen and oxygen atoms in total. The van der Waals surface area contributed by atoms with Crippen LogP contribution < -0.4 is 9.47 Å². The normalized spacial score (nSPS) is 19.5. The number of ketones is 2. The number of nitrogens with zero attached hydrogens (tertiary/aromatic N) is 1. The van der Waals surface area contributed by atoms with E-state index in [-0.39, 0.29) is 22.4 Å². The Morgan fingerprint density at radius 2 is 1.34 bits per heavy atom. The number of carbonyl (C=O) groups excluding carboxylic acids is 2. The Labute approximate surface area is 265 Å². The van der Waals surface area contributed by atoms with Gasteiger partial charge in [0.2, 0.25) is 0 Å². The van der Waals surface area contributed by atoms with E-state index in [1.54, 1.807) is 7.11 Å². The maximum Gasteiger partial charge on any atom is 0.162 e. The summed E-state index contributed by atoms with van der Waals surface area (Å²) in [4.78, 5) is 30.6. The Morgan fingerprint density at radius 1 is 0.750 bits per heavy atom. The Hall–Kier alpha value is -3.83. The van der Waals surface area contributed by atoms with Crippen molar-refractivity contribution in [2.75, 3.05) is 7.11 Å². The predicted molar refractivity (Wildman–Crippen MR) is 174 cm³/mol. The molecule has 6 heteroatoms. The number of ether oxygens (including phenoxy) is 2. The maximum absolute atomic E-state index is 14.2. The summed E-state index contributed by atoms with van der Waals surface area (Å²) >= 11 is 6.05. The third-order valence-electron chi connectivity index (χ3n) is 9.03. The topological polar surface area (TPSA) is 55.8 Å². The van der Waals surface area contributed by atoms with Crippen LogP contribution in [0.15, 0.2) is 95.3 Å². The molecule has 44 heavy (non-hydrogen) atoms. The largest absolute Gasteiger partial charge is 0.493 e. The summed E-state index contributed by atoms with van der Waals surface area (Å²) in [6, 6.07) is 23.7. The van der Waals surface area contributed by atoms with Crippen molar-refractivity contribution in [1.82, 2.24) is 4.90 Å². The lowest BCUT2D eigenvalue weighted by Crippen LogP contribution is -2.44. The molecule has 0 fully saturated rings. The van der Waals surface area contributed by atoms with Crippen LogP contribution in [-0.2, 0) is 22.7 Å². The fourth-order valence-electron chi connectivity index (χ4n) is 7.06. The Balaban J connectivity index is 1.47. The molecule has 0 N–H and O–H groups in total. The van der Waals surface area contributed by atoms with Gasteiger partial charge in [0.1, 0.15) is 6.61 Å². The number of hydrogen-bond donors (Lipinski definition) is 0. The highest BCUT2D eigenvalue weighted by Gasteiger charge is 2.49. The fourth-order valence-corrected chi connectivity index (χ4v) is 7.19. The highest BCUT2D eigenvalue weighted by Crippen LogP contribution is 2.55. The van der Waals surface area contributed by atoms with E-state index in [9.17, 15) is 9.59 Å². The summed E-state index contributed by atoms with van der Waals surface area (Å²) < 4.78 is 12.0. The van der Waals surface area contributed by atoms with Crippen LogP contribution in [0.1, 0.15) is 76.0 Å². The van der Waals surface area contributed by atoms with Crippen molar-refractivity contribution in [2.24, 2.45) is 10.8 Å². The molecular weight excluding hydrogens is 570 g/mol. The third kappa shape index (κ3) is 5.95. The van der Waals surface area contributed by atoms with E-state index < -0.39 is 5.92 Å². The molecular formula is C38H40ClNO4. The zero-order chi connectivity index (χ0) is 31.2. The molecule has 0 unspecified atom stereocenters. The molecule has 0 radical (unpaired) electrons. The van der Waals surface area contributed by atoms with Crippen LogP contribution in [0.4, 0.5) is 0 Å². The zero-order valence-electron chi connectivity index (χ0n) is 26.2. The number of carbonyl (C=O) groups is 2. The first-order valence-corrected chi connectivity index (χ1v) is 15.7. The number of hydrogen-bond acceptors (Lipinski definition) is 5. The second kappa shape index (κ2) is 11.6. The predicted octanol–water partition coefficient (Wildman–Crippen LogP) is 8.81. The molecule has 0 bridgehead atoms. The SMILES string of the molecule is COc1cc(C2C3=C(CC(C)(C)CC3=O)N(Cc3ccccc3)C3=C2C(=O)CC(C)(C)C3)ccc1OCc1ccc(Cl)cc1. The minimum Gasteiger partial charge on any atom is -0.493 e. The van der Waals surface area contributed by atoms with Gasteiger partial charge in [0.15, 0.2) is 23.1 Å². The van der Waals surface area contributed by atoms with Crippen molar-refractivity contribution < 1.29 is 19.1 Å². The molecule has 3 aromatic rings. The molecule has 0 saturated heterocycles. The summed E-state index contributed by atoms with van der Waals surface area (Å²) in [5.41, 5.74) is 6.26. The van der Waals surface area contributed by atoms with Crippen LogP contribution in [0.3, 0.4) is 0 Å². The van der Waals surface area contributed by atoms with E-state index >= 15 is 0 Å². The Bertz CT molecular complexity index is 1610. The maximum atomic E-state index is 14.2. The summed E-state index contributed by atoms with van der Waals surface area (Å²) in [5.74, 6) is 0.956. The van der Waals surface area contributed by atoms with Gasteiger partial charge < -0.3 is 14.4 Å². The highest BCUT2D eigenvalue weighted by molar-refractivity contribution is 6.30. The zero-order valence-corrected chi connectivity index (χ0v) is 27.0. The van der Waals surface area contributed by atoms with E-state index in [1.165, 1.54) is 0 Å². The van der Waals surface area contributed by atoms with E-state index in [4.69, 9.17) is 21.1 Å². The van der Waals surface area contributed by atoms with Gasteiger partial charge in [-0.15, -0.1) is 0 Å². The first-order chi connectivity index (χ1) is 20.9. The number of methoxy groups -OCH3 is 1. The van der Waals surface area contributed by atoms with Gasteiger partial charge in [-0.1, -0.05) is 87.8 Å². The van der Waals surface area contributed by atoms with Crippen LogP contribution >= 0.6 is 11.6 Å². The molecule has 1 aliphatic heterocycles. The smallest absolute Gasteiger partial charge is 0.162 e.